The van der Waals surface area contributed by atoms with E-state index in [1.54, 1.807) is 40.7 Å². The molecular weight excluding hydrogens is 497 g/mol. The molecule has 0 radical (unpaired) electrons. The summed E-state index contributed by atoms with van der Waals surface area (Å²) in [6.07, 6.45) is 6.78. The largest absolute Gasteiger partial charge is 0.244 e. The van der Waals surface area contributed by atoms with Gasteiger partial charge in [-0.25, -0.2) is 17.5 Å². The molecule has 188 valence electrons. The van der Waals surface area contributed by atoms with E-state index in [1.807, 2.05) is 10.9 Å². The van der Waals surface area contributed by atoms with Crippen molar-refractivity contribution in [1.29, 1.82) is 0 Å². The van der Waals surface area contributed by atoms with Crippen molar-refractivity contribution in [2.75, 3.05) is 13.1 Å². The molecule has 0 N–H and O–H groups in total. The number of allylic oxidation sites excluding steroid dienone is 1. The van der Waals surface area contributed by atoms with Crippen molar-refractivity contribution < 1.29 is 12.8 Å². The number of hydrogen-bond donors (Lipinski definition) is 0. The molecule has 6 rings (SSSR count). The Hall–Kier alpha value is -2.48. The van der Waals surface area contributed by atoms with Crippen LogP contribution >= 0.6 is 11.6 Å². The minimum Gasteiger partial charge on any atom is -0.237 e. The third kappa shape index (κ3) is 4.21. The zero-order chi connectivity index (χ0) is 25.0. The van der Waals surface area contributed by atoms with Gasteiger partial charge in [-0.3, -0.25) is 0 Å². The predicted octanol–water partition coefficient (Wildman–Crippen LogP) is 6.13. The van der Waals surface area contributed by atoms with Crippen molar-refractivity contribution in [3.05, 3.63) is 88.0 Å². The van der Waals surface area contributed by atoms with Crippen LogP contribution < -0.4 is 0 Å². The Morgan fingerprint density at radius 2 is 1.83 bits per heavy atom. The Balaban J connectivity index is 1.29. The highest BCUT2D eigenvalue weighted by Crippen LogP contribution is 2.48. The molecule has 0 spiro atoms. The average molecular weight is 526 g/mol. The number of aromatic nitrogens is 2. The SMILES string of the molecule is C[C@@H]1C2=C(CC[C@@H]2CN(CC2CC2)S(=O)(=O)c2ccccc2Cl)Cc2c1cnn2-c1ccc(F)cc1. The summed E-state index contributed by atoms with van der Waals surface area (Å²) in [5, 5.41) is 4.92. The number of benzene rings is 2. The second-order valence-corrected chi connectivity index (χ2v) is 12.6. The maximum absolute atomic E-state index is 13.7. The van der Waals surface area contributed by atoms with Gasteiger partial charge >= 0.3 is 0 Å². The lowest BCUT2D eigenvalue weighted by Gasteiger charge is -2.31. The Kier molecular flexibility index (Phi) is 6.05. The normalized spacial score (nSPS) is 21.7. The van der Waals surface area contributed by atoms with Crippen LogP contribution in [-0.4, -0.2) is 35.6 Å². The molecule has 36 heavy (non-hydrogen) atoms. The summed E-state index contributed by atoms with van der Waals surface area (Å²) in [6.45, 7) is 3.24. The summed E-state index contributed by atoms with van der Waals surface area (Å²) in [5.74, 6) is 0.505. The molecule has 0 unspecified atom stereocenters. The zero-order valence-electron chi connectivity index (χ0n) is 20.2. The van der Waals surface area contributed by atoms with E-state index in [0.29, 0.717) is 19.0 Å². The summed E-state index contributed by atoms with van der Waals surface area (Å²) in [4.78, 5) is 0.194. The van der Waals surface area contributed by atoms with Gasteiger partial charge in [-0.15, -0.1) is 0 Å². The van der Waals surface area contributed by atoms with Crippen molar-refractivity contribution in [3.8, 4) is 5.69 Å². The topological polar surface area (TPSA) is 55.2 Å². The van der Waals surface area contributed by atoms with Gasteiger partial charge in [-0.2, -0.15) is 9.40 Å². The first-order valence-electron chi connectivity index (χ1n) is 12.6. The monoisotopic (exact) mass is 525 g/mol. The summed E-state index contributed by atoms with van der Waals surface area (Å²) in [6, 6.07) is 13.2. The predicted molar refractivity (Wildman–Crippen MR) is 138 cm³/mol. The molecule has 1 heterocycles. The van der Waals surface area contributed by atoms with Gasteiger partial charge < -0.3 is 0 Å². The van der Waals surface area contributed by atoms with E-state index >= 15 is 0 Å². The molecule has 2 atom stereocenters. The lowest BCUT2D eigenvalue weighted by atomic mass is 9.80. The van der Waals surface area contributed by atoms with Crippen molar-refractivity contribution in [1.82, 2.24) is 14.1 Å². The smallest absolute Gasteiger partial charge is 0.237 e. The van der Waals surface area contributed by atoms with Crippen LogP contribution in [0.2, 0.25) is 5.02 Å². The number of fused-ring (bicyclic) bond motifs is 1. The molecule has 2 aromatic carbocycles. The van der Waals surface area contributed by atoms with E-state index < -0.39 is 10.0 Å². The van der Waals surface area contributed by atoms with Gasteiger partial charge in [0.25, 0.3) is 0 Å². The van der Waals surface area contributed by atoms with E-state index in [0.717, 1.165) is 43.5 Å². The molecule has 5 nitrogen and oxygen atoms in total. The number of rotatable bonds is 7. The molecule has 0 saturated heterocycles. The molecule has 3 aromatic rings. The van der Waals surface area contributed by atoms with E-state index in [-0.39, 0.29) is 27.6 Å². The standard InChI is InChI=1S/C28H29ClFN3O2S/c1-18-24-15-31-33(23-12-10-22(30)11-13-23)26(24)14-20-8-9-21(28(18)20)17-32(16-19-6-7-19)36(34,35)27-5-3-2-4-25(27)29/h2-5,10-13,15,18-19,21H,6-9,14,16-17H2,1H3/t18-,21+/m0/s1. The van der Waals surface area contributed by atoms with E-state index in [9.17, 15) is 12.8 Å². The summed E-state index contributed by atoms with van der Waals surface area (Å²) >= 11 is 6.33. The Labute approximate surface area is 216 Å². The Morgan fingerprint density at radius 3 is 2.56 bits per heavy atom. The van der Waals surface area contributed by atoms with Gasteiger partial charge in [-0.1, -0.05) is 41.8 Å². The minimum atomic E-state index is -3.69. The van der Waals surface area contributed by atoms with Gasteiger partial charge in [0.2, 0.25) is 10.0 Å². The minimum absolute atomic E-state index is 0.163. The van der Waals surface area contributed by atoms with Crippen molar-refractivity contribution in [3.63, 3.8) is 0 Å². The average Bonchev–Trinajstić information content (AvgIpc) is 3.43. The fourth-order valence-corrected chi connectivity index (χ4v) is 8.03. The molecule has 1 fully saturated rings. The second kappa shape index (κ2) is 9.12. The first kappa shape index (κ1) is 23.9. The maximum atomic E-state index is 13.7. The Morgan fingerprint density at radius 1 is 1.08 bits per heavy atom. The molecule has 8 heteroatoms. The Bertz CT molecular complexity index is 1440. The van der Waals surface area contributed by atoms with Gasteiger partial charge in [0, 0.05) is 31.0 Å². The highest BCUT2D eigenvalue weighted by molar-refractivity contribution is 7.89. The summed E-state index contributed by atoms with van der Waals surface area (Å²) in [5.41, 5.74) is 5.94. The van der Waals surface area contributed by atoms with Crippen LogP contribution in [0.15, 0.2) is 70.8 Å². The fraction of sp³-hybridized carbons (Fsp3) is 0.393. The second-order valence-electron chi connectivity index (χ2n) is 10.3. The van der Waals surface area contributed by atoms with Crippen LogP contribution in [0.4, 0.5) is 4.39 Å². The van der Waals surface area contributed by atoms with Crippen LogP contribution in [0.5, 0.6) is 0 Å². The number of halogens is 2. The van der Waals surface area contributed by atoms with Crippen LogP contribution in [-0.2, 0) is 16.4 Å². The summed E-state index contributed by atoms with van der Waals surface area (Å²) in [7, 11) is -3.69. The number of sulfonamides is 1. The van der Waals surface area contributed by atoms with Crippen LogP contribution in [0, 0.1) is 17.7 Å². The highest BCUT2D eigenvalue weighted by atomic mass is 35.5. The number of nitrogens with zero attached hydrogens (tertiary/aromatic N) is 3. The molecule has 1 aromatic heterocycles. The summed E-state index contributed by atoms with van der Waals surface area (Å²) < 4.78 is 44.5. The fourth-order valence-electron chi connectivity index (χ4n) is 5.97. The molecule has 0 aliphatic heterocycles. The third-order valence-electron chi connectivity index (χ3n) is 7.97. The van der Waals surface area contributed by atoms with Crippen molar-refractivity contribution in [2.45, 2.75) is 49.8 Å². The lowest BCUT2D eigenvalue weighted by Crippen LogP contribution is -2.37. The first-order valence-corrected chi connectivity index (χ1v) is 14.4. The lowest BCUT2D eigenvalue weighted by molar-refractivity contribution is 0.347. The third-order valence-corrected chi connectivity index (χ3v) is 10.3. The molecule has 3 aliphatic carbocycles. The molecule has 1 saturated carbocycles. The van der Waals surface area contributed by atoms with Crippen LogP contribution in [0.3, 0.4) is 0 Å². The van der Waals surface area contributed by atoms with Crippen molar-refractivity contribution in [2.24, 2.45) is 11.8 Å². The molecule has 0 amide bonds. The van der Waals surface area contributed by atoms with Gasteiger partial charge in [0.05, 0.1) is 22.6 Å². The van der Waals surface area contributed by atoms with Crippen LogP contribution in [0.25, 0.3) is 5.69 Å². The number of hydrogen-bond acceptors (Lipinski definition) is 3. The van der Waals surface area contributed by atoms with E-state index in [2.05, 4.69) is 12.0 Å². The molecule has 0 bridgehead atoms. The van der Waals surface area contributed by atoms with Gasteiger partial charge in [-0.05, 0) is 73.9 Å². The maximum Gasteiger partial charge on any atom is 0.244 e. The van der Waals surface area contributed by atoms with E-state index in [4.69, 9.17) is 11.6 Å². The molecule has 3 aliphatic rings. The quantitative estimate of drug-likeness (QED) is 0.348. The van der Waals surface area contributed by atoms with Gasteiger partial charge in [0.15, 0.2) is 0 Å². The van der Waals surface area contributed by atoms with E-state index in [1.165, 1.54) is 28.8 Å². The highest BCUT2D eigenvalue weighted by Gasteiger charge is 2.40. The van der Waals surface area contributed by atoms with Crippen molar-refractivity contribution >= 4 is 21.6 Å². The first-order chi connectivity index (χ1) is 17.3. The van der Waals surface area contributed by atoms with Crippen LogP contribution in [0.1, 0.15) is 49.8 Å². The van der Waals surface area contributed by atoms with Gasteiger partial charge in [0.1, 0.15) is 10.7 Å². The molecular formula is C28H29ClFN3O2S. The zero-order valence-corrected chi connectivity index (χ0v) is 21.8.